The van der Waals surface area contributed by atoms with E-state index in [9.17, 15) is 14.4 Å². The quantitative estimate of drug-likeness (QED) is 0.742. The lowest BCUT2D eigenvalue weighted by Crippen LogP contribution is -2.46. The van der Waals surface area contributed by atoms with E-state index in [-0.39, 0.29) is 18.4 Å². The van der Waals surface area contributed by atoms with Gasteiger partial charge in [-0.05, 0) is 53.6 Å². The molecule has 0 unspecified atom stereocenters. The molecule has 5 rings (SSSR count). The second kappa shape index (κ2) is 7.55. The summed E-state index contributed by atoms with van der Waals surface area (Å²) in [7, 11) is 3.17. The van der Waals surface area contributed by atoms with Crippen LogP contribution in [0.5, 0.6) is 11.5 Å². The predicted octanol–water partition coefficient (Wildman–Crippen LogP) is 1.98. The van der Waals surface area contributed by atoms with E-state index in [0.29, 0.717) is 37.4 Å². The van der Waals surface area contributed by atoms with Crippen molar-refractivity contribution >= 4 is 17.8 Å². The Morgan fingerprint density at radius 2 is 1.75 bits per heavy atom. The van der Waals surface area contributed by atoms with Crippen molar-refractivity contribution in [2.45, 2.75) is 31.3 Å². The zero-order valence-electron chi connectivity index (χ0n) is 18.1. The van der Waals surface area contributed by atoms with Gasteiger partial charge in [-0.2, -0.15) is 0 Å². The maximum absolute atomic E-state index is 13.3. The third kappa shape index (κ3) is 3.01. The fraction of sp³-hybridized carbons (Fsp3) is 0.375. The number of nitrogens with one attached hydrogen (secondary N) is 1. The number of urea groups is 1. The van der Waals surface area contributed by atoms with E-state index in [4.69, 9.17) is 9.47 Å². The lowest BCUT2D eigenvalue weighted by Gasteiger charge is -2.30. The highest BCUT2D eigenvalue weighted by atomic mass is 16.5. The van der Waals surface area contributed by atoms with Crippen LogP contribution in [-0.4, -0.2) is 55.0 Å². The molecule has 1 spiro atoms. The molecular formula is C24H25N3O5. The van der Waals surface area contributed by atoms with E-state index in [0.717, 1.165) is 33.6 Å². The lowest BCUT2D eigenvalue weighted by atomic mass is 9.92. The van der Waals surface area contributed by atoms with Crippen molar-refractivity contribution < 1.29 is 23.9 Å². The molecule has 32 heavy (non-hydrogen) atoms. The second-order valence-electron chi connectivity index (χ2n) is 8.43. The molecule has 1 saturated heterocycles. The van der Waals surface area contributed by atoms with Crippen molar-refractivity contribution in [1.29, 1.82) is 0 Å². The van der Waals surface area contributed by atoms with E-state index < -0.39 is 11.6 Å². The van der Waals surface area contributed by atoms with Gasteiger partial charge in [0.15, 0.2) is 11.5 Å². The SMILES string of the molecule is COc1cc2c(cc1OC)CN(C(=O)CN1C(=O)N[C@@]3(CCc4ccccc43)C1=O)CC2. The Morgan fingerprint density at radius 3 is 2.50 bits per heavy atom. The molecule has 0 radical (unpaired) electrons. The molecule has 0 saturated carbocycles. The number of hydrogen-bond donors (Lipinski definition) is 1. The number of fused-ring (bicyclic) bond motifs is 3. The molecule has 2 aliphatic heterocycles. The van der Waals surface area contributed by atoms with E-state index in [1.54, 1.807) is 19.1 Å². The van der Waals surface area contributed by atoms with Gasteiger partial charge in [-0.25, -0.2) is 4.79 Å². The zero-order chi connectivity index (χ0) is 22.5. The minimum Gasteiger partial charge on any atom is -0.493 e. The molecule has 8 heteroatoms. The molecule has 1 aliphatic carbocycles. The van der Waals surface area contributed by atoms with Gasteiger partial charge in [-0.3, -0.25) is 14.5 Å². The molecule has 4 amide bonds. The first-order valence-corrected chi connectivity index (χ1v) is 10.7. The number of amides is 4. The highest BCUT2D eigenvalue weighted by Crippen LogP contribution is 2.41. The lowest BCUT2D eigenvalue weighted by molar-refractivity contribution is -0.139. The number of carbonyl (C=O) groups excluding carboxylic acids is 3. The van der Waals surface area contributed by atoms with E-state index >= 15 is 0 Å². The average molecular weight is 435 g/mol. The van der Waals surface area contributed by atoms with Crippen molar-refractivity contribution in [3.05, 3.63) is 58.7 Å². The van der Waals surface area contributed by atoms with Crippen LogP contribution in [0.4, 0.5) is 4.79 Å². The molecule has 1 N–H and O–H groups in total. The van der Waals surface area contributed by atoms with Crippen LogP contribution in [0, 0.1) is 0 Å². The molecule has 8 nitrogen and oxygen atoms in total. The molecule has 2 aromatic carbocycles. The van der Waals surface area contributed by atoms with Crippen molar-refractivity contribution in [2.75, 3.05) is 27.3 Å². The Labute approximate surface area is 186 Å². The first-order valence-electron chi connectivity index (χ1n) is 10.7. The number of ether oxygens (including phenoxy) is 2. The molecule has 1 fully saturated rings. The summed E-state index contributed by atoms with van der Waals surface area (Å²) >= 11 is 0. The number of hydrogen-bond acceptors (Lipinski definition) is 5. The average Bonchev–Trinajstić information content (AvgIpc) is 3.30. The summed E-state index contributed by atoms with van der Waals surface area (Å²) < 4.78 is 10.7. The third-order valence-corrected chi connectivity index (χ3v) is 6.79. The zero-order valence-corrected chi connectivity index (χ0v) is 18.1. The molecule has 3 aliphatic rings. The van der Waals surface area contributed by atoms with Gasteiger partial charge in [0, 0.05) is 13.1 Å². The third-order valence-electron chi connectivity index (χ3n) is 6.79. The van der Waals surface area contributed by atoms with E-state index in [1.165, 1.54) is 0 Å². The Hall–Kier alpha value is -3.55. The van der Waals surface area contributed by atoms with Crippen LogP contribution in [0.2, 0.25) is 0 Å². The summed E-state index contributed by atoms with van der Waals surface area (Å²) in [6.45, 7) is 0.641. The van der Waals surface area contributed by atoms with Gasteiger partial charge in [0.25, 0.3) is 5.91 Å². The maximum atomic E-state index is 13.3. The Kier molecular flexibility index (Phi) is 4.80. The summed E-state index contributed by atoms with van der Waals surface area (Å²) in [4.78, 5) is 41.9. The van der Waals surface area contributed by atoms with Crippen LogP contribution in [0.3, 0.4) is 0 Å². The van der Waals surface area contributed by atoms with Crippen molar-refractivity contribution in [3.63, 3.8) is 0 Å². The summed E-state index contributed by atoms with van der Waals surface area (Å²) in [5, 5.41) is 2.87. The van der Waals surface area contributed by atoms with Crippen LogP contribution in [-0.2, 0) is 34.5 Å². The van der Waals surface area contributed by atoms with Crippen LogP contribution in [0.15, 0.2) is 36.4 Å². The summed E-state index contributed by atoms with van der Waals surface area (Å²) in [5.41, 5.74) is 2.92. The minimum atomic E-state index is -1.05. The van der Waals surface area contributed by atoms with Gasteiger partial charge in [0.1, 0.15) is 12.1 Å². The van der Waals surface area contributed by atoms with Crippen molar-refractivity contribution in [2.24, 2.45) is 0 Å². The second-order valence-corrected chi connectivity index (χ2v) is 8.43. The molecule has 2 heterocycles. The number of carbonyl (C=O) groups is 3. The predicted molar refractivity (Wildman–Crippen MR) is 115 cm³/mol. The topological polar surface area (TPSA) is 88.2 Å². The monoisotopic (exact) mass is 435 g/mol. The summed E-state index contributed by atoms with van der Waals surface area (Å²) in [6, 6.07) is 11.0. The standard InChI is InChI=1S/C24H25N3O5/c1-31-19-11-16-8-10-26(13-17(16)12-20(19)32-2)21(28)14-27-22(29)24(25-23(27)30)9-7-15-5-3-4-6-18(15)24/h3-6,11-12H,7-10,13-14H2,1-2H3,(H,25,30)/t24-/m1/s1. The van der Waals surface area contributed by atoms with Gasteiger partial charge in [0.05, 0.1) is 14.2 Å². The van der Waals surface area contributed by atoms with Gasteiger partial charge >= 0.3 is 6.03 Å². The number of methoxy groups -OCH3 is 2. The van der Waals surface area contributed by atoms with E-state index in [2.05, 4.69) is 5.32 Å². The van der Waals surface area contributed by atoms with Crippen LogP contribution in [0.1, 0.15) is 28.7 Å². The fourth-order valence-corrected chi connectivity index (χ4v) is 5.06. The summed E-state index contributed by atoms with van der Waals surface area (Å²) in [5.74, 6) is 0.672. The first-order chi connectivity index (χ1) is 15.5. The van der Waals surface area contributed by atoms with Crippen LogP contribution in [0.25, 0.3) is 0 Å². The Bertz CT molecular complexity index is 1130. The molecule has 2 aromatic rings. The molecular weight excluding hydrogens is 410 g/mol. The number of benzene rings is 2. The number of rotatable bonds is 4. The summed E-state index contributed by atoms with van der Waals surface area (Å²) in [6.07, 6.45) is 1.90. The van der Waals surface area contributed by atoms with Crippen LogP contribution >= 0.6 is 0 Å². The molecule has 166 valence electrons. The fourth-order valence-electron chi connectivity index (χ4n) is 5.06. The molecule has 1 atom stereocenters. The Balaban J connectivity index is 1.33. The van der Waals surface area contributed by atoms with Crippen molar-refractivity contribution in [3.8, 4) is 11.5 Å². The maximum Gasteiger partial charge on any atom is 0.325 e. The Morgan fingerprint density at radius 1 is 1.03 bits per heavy atom. The largest absolute Gasteiger partial charge is 0.493 e. The number of imide groups is 1. The smallest absolute Gasteiger partial charge is 0.325 e. The van der Waals surface area contributed by atoms with Gasteiger partial charge in [-0.1, -0.05) is 24.3 Å². The normalized spacial score (nSPS) is 21.4. The minimum absolute atomic E-state index is 0.253. The van der Waals surface area contributed by atoms with Gasteiger partial charge in [-0.15, -0.1) is 0 Å². The number of aryl methyl sites for hydroxylation is 1. The highest BCUT2D eigenvalue weighted by molar-refractivity contribution is 6.09. The van der Waals surface area contributed by atoms with Crippen molar-refractivity contribution in [1.82, 2.24) is 15.1 Å². The molecule has 0 bridgehead atoms. The first kappa shape index (κ1) is 20.4. The highest BCUT2D eigenvalue weighted by Gasteiger charge is 2.55. The number of nitrogens with zero attached hydrogens (tertiary/aromatic N) is 2. The molecule has 0 aromatic heterocycles. The van der Waals surface area contributed by atoms with E-state index in [1.807, 2.05) is 36.4 Å². The van der Waals surface area contributed by atoms with Gasteiger partial charge in [0.2, 0.25) is 5.91 Å². The van der Waals surface area contributed by atoms with Crippen LogP contribution < -0.4 is 14.8 Å². The van der Waals surface area contributed by atoms with Gasteiger partial charge < -0.3 is 19.7 Å².